The molecule has 0 aliphatic carbocycles. The number of nitrogens with zero attached hydrogens (tertiary/aromatic N) is 1. The SMILES string of the molecule is CC(CCCC(=O)O)NC(=O)NN1C(C)CCCC1C. The van der Waals surface area contributed by atoms with E-state index in [1.54, 1.807) is 0 Å². The number of urea groups is 1. The highest BCUT2D eigenvalue weighted by Crippen LogP contribution is 2.20. The van der Waals surface area contributed by atoms with Crippen LogP contribution in [0.2, 0.25) is 0 Å². The fourth-order valence-electron chi connectivity index (χ4n) is 2.65. The van der Waals surface area contributed by atoms with Gasteiger partial charge in [-0.05, 0) is 46.5 Å². The number of carbonyl (C=O) groups excluding carboxylic acids is 1. The van der Waals surface area contributed by atoms with Crippen molar-refractivity contribution in [3.63, 3.8) is 0 Å². The van der Waals surface area contributed by atoms with Crippen molar-refractivity contribution >= 4 is 12.0 Å². The summed E-state index contributed by atoms with van der Waals surface area (Å²) in [5.41, 5.74) is 2.92. The Labute approximate surface area is 120 Å². The smallest absolute Gasteiger partial charge is 0.329 e. The number of amides is 2. The van der Waals surface area contributed by atoms with E-state index in [-0.39, 0.29) is 18.5 Å². The van der Waals surface area contributed by atoms with Crippen LogP contribution in [-0.2, 0) is 4.79 Å². The molecule has 6 heteroatoms. The van der Waals surface area contributed by atoms with Crippen LogP contribution < -0.4 is 10.7 Å². The van der Waals surface area contributed by atoms with Gasteiger partial charge in [-0.3, -0.25) is 10.2 Å². The Kier molecular flexibility index (Phi) is 6.78. The molecule has 1 fully saturated rings. The Balaban J connectivity index is 2.29. The summed E-state index contributed by atoms with van der Waals surface area (Å²) in [6.07, 6.45) is 4.79. The molecule has 3 N–H and O–H groups in total. The Morgan fingerprint density at radius 2 is 1.90 bits per heavy atom. The van der Waals surface area contributed by atoms with Gasteiger partial charge in [0.05, 0.1) is 0 Å². The van der Waals surface area contributed by atoms with Gasteiger partial charge in [-0.15, -0.1) is 0 Å². The van der Waals surface area contributed by atoms with E-state index in [0.717, 1.165) is 12.8 Å². The van der Waals surface area contributed by atoms with Crippen LogP contribution >= 0.6 is 0 Å². The Bertz CT molecular complexity index is 326. The van der Waals surface area contributed by atoms with E-state index in [9.17, 15) is 9.59 Å². The van der Waals surface area contributed by atoms with Crippen LogP contribution in [0.4, 0.5) is 4.79 Å². The zero-order valence-corrected chi connectivity index (χ0v) is 12.7. The topological polar surface area (TPSA) is 81.7 Å². The van der Waals surface area contributed by atoms with Crippen molar-refractivity contribution in [1.82, 2.24) is 15.8 Å². The quantitative estimate of drug-likeness (QED) is 0.698. The van der Waals surface area contributed by atoms with Gasteiger partial charge in [0.2, 0.25) is 0 Å². The van der Waals surface area contributed by atoms with Gasteiger partial charge in [0.15, 0.2) is 0 Å². The zero-order valence-electron chi connectivity index (χ0n) is 12.7. The molecule has 1 saturated heterocycles. The lowest BCUT2D eigenvalue weighted by Gasteiger charge is -2.38. The van der Waals surface area contributed by atoms with Crippen molar-refractivity contribution in [2.24, 2.45) is 0 Å². The van der Waals surface area contributed by atoms with Gasteiger partial charge in [-0.25, -0.2) is 9.80 Å². The van der Waals surface area contributed by atoms with Gasteiger partial charge in [-0.2, -0.15) is 0 Å². The van der Waals surface area contributed by atoms with E-state index in [0.29, 0.717) is 24.9 Å². The minimum absolute atomic E-state index is 0.0234. The number of hydrogen-bond donors (Lipinski definition) is 3. The van der Waals surface area contributed by atoms with E-state index in [4.69, 9.17) is 5.11 Å². The number of piperidine rings is 1. The van der Waals surface area contributed by atoms with E-state index in [1.807, 2.05) is 11.9 Å². The van der Waals surface area contributed by atoms with Gasteiger partial charge < -0.3 is 10.4 Å². The summed E-state index contributed by atoms with van der Waals surface area (Å²) >= 11 is 0. The summed E-state index contributed by atoms with van der Waals surface area (Å²) in [4.78, 5) is 22.4. The minimum atomic E-state index is -0.794. The van der Waals surface area contributed by atoms with Gasteiger partial charge in [0, 0.05) is 24.5 Å². The third kappa shape index (κ3) is 5.77. The first-order chi connectivity index (χ1) is 9.40. The van der Waals surface area contributed by atoms with E-state index in [1.165, 1.54) is 6.42 Å². The van der Waals surface area contributed by atoms with Crippen molar-refractivity contribution in [2.45, 2.75) is 77.4 Å². The summed E-state index contributed by atoms with van der Waals surface area (Å²) < 4.78 is 0. The second-order valence-electron chi connectivity index (χ2n) is 5.81. The first-order valence-electron chi connectivity index (χ1n) is 7.47. The maximum atomic E-state index is 11.9. The molecule has 1 aliphatic heterocycles. The Morgan fingerprint density at radius 3 is 2.45 bits per heavy atom. The molecule has 1 heterocycles. The fraction of sp³-hybridized carbons (Fsp3) is 0.857. The standard InChI is InChI=1S/C14H27N3O3/c1-10(6-4-9-13(18)19)15-14(20)16-17-11(2)7-5-8-12(17)3/h10-12H,4-9H2,1-3H3,(H,18,19)(H2,15,16,20). The van der Waals surface area contributed by atoms with Crippen LogP contribution in [0.25, 0.3) is 0 Å². The van der Waals surface area contributed by atoms with Crippen LogP contribution in [0.5, 0.6) is 0 Å². The molecule has 116 valence electrons. The monoisotopic (exact) mass is 285 g/mol. The van der Waals surface area contributed by atoms with Crippen molar-refractivity contribution in [1.29, 1.82) is 0 Å². The molecule has 0 aromatic heterocycles. The normalized spacial score (nSPS) is 24.9. The molecule has 0 bridgehead atoms. The van der Waals surface area contributed by atoms with E-state index in [2.05, 4.69) is 24.6 Å². The maximum absolute atomic E-state index is 11.9. The van der Waals surface area contributed by atoms with Gasteiger partial charge in [-0.1, -0.05) is 6.42 Å². The number of nitrogens with one attached hydrogen (secondary N) is 2. The van der Waals surface area contributed by atoms with Gasteiger partial charge in [0.25, 0.3) is 0 Å². The number of carboxylic acids is 1. The molecule has 6 nitrogen and oxygen atoms in total. The average molecular weight is 285 g/mol. The molecular formula is C14H27N3O3. The lowest BCUT2D eigenvalue weighted by Crippen LogP contribution is -2.57. The molecule has 0 aromatic rings. The second-order valence-corrected chi connectivity index (χ2v) is 5.81. The zero-order chi connectivity index (χ0) is 15.1. The van der Waals surface area contributed by atoms with Crippen molar-refractivity contribution < 1.29 is 14.7 Å². The summed E-state index contributed by atoms with van der Waals surface area (Å²) in [5.74, 6) is -0.794. The Hall–Kier alpha value is -1.30. The predicted octanol–water partition coefficient (Wildman–Crippen LogP) is 2.11. The highest BCUT2D eigenvalue weighted by atomic mass is 16.4. The van der Waals surface area contributed by atoms with Crippen LogP contribution in [0.15, 0.2) is 0 Å². The Morgan fingerprint density at radius 1 is 1.30 bits per heavy atom. The fourth-order valence-corrected chi connectivity index (χ4v) is 2.65. The van der Waals surface area contributed by atoms with Crippen molar-refractivity contribution in [2.75, 3.05) is 0 Å². The minimum Gasteiger partial charge on any atom is -0.481 e. The molecule has 0 radical (unpaired) electrons. The average Bonchev–Trinajstić information content (AvgIpc) is 2.33. The lowest BCUT2D eigenvalue weighted by molar-refractivity contribution is -0.137. The molecular weight excluding hydrogens is 258 g/mol. The van der Waals surface area contributed by atoms with E-state index < -0.39 is 5.97 Å². The lowest BCUT2D eigenvalue weighted by atomic mass is 10.00. The number of rotatable bonds is 6. The number of hydrazine groups is 1. The van der Waals surface area contributed by atoms with Gasteiger partial charge in [0.1, 0.15) is 0 Å². The second kappa shape index (κ2) is 8.09. The van der Waals surface area contributed by atoms with Crippen LogP contribution in [0, 0.1) is 0 Å². The van der Waals surface area contributed by atoms with Crippen LogP contribution in [-0.4, -0.2) is 40.2 Å². The van der Waals surface area contributed by atoms with Crippen molar-refractivity contribution in [3.8, 4) is 0 Å². The molecule has 3 unspecified atom stereocenters. The summed E-state index contributed by atoms with van der Waals surface area (Å²) in [5, 5.41) is 13.5. The van der Waals surface area contributed by atoms with Gasteiger partial charge >= 0.3 is 12.0 Å². The molecule has 3 atom stereocenters. The summed E-state index contributed by atoms with van der Waals surface area (Å²) in [6, 6.07) is 0.483. The maximum Gasteiger partial charge on any atom is 0.329 e. The van der Waals surface area contributed by atoms with E-state index >= 15 is 0 Å². The molecule has 1 aliphatic rings. The van der Waals surface area contributed by atoms with Crippen LogP contribution in [0.1, 0.15) is 59.3 Å². The molecule has 1 rings (SSSR count). The third-order valence-electron chi connectivity index (χ3n) is 3.83. The summed E-state index contributed by atoms with van der Waals surface area (Å²) in [6.45, 7) is 6.13. The van der Waals surface area contributed by atoms with Crippen molar-refractivity contribution in [3.05, 3.63) is 0 Å². The number of carbonyl (C=O) groups is 2. The summed E-state index contributed by atoms with van der Waals surface area (Å²) in [7, 11) is 0. The molecule has 0 aromatic carbocycles. The first kappa shape index (κ1) is 16.8. The number of carboxylic acid groups (broad SMARTS) is 1. The number of hydrogen-bond acceptors (Lipinski definition) is 3. The highest BCUT2D eigenvalue weighted by molar-refractivity contribution is 5.73. The highest BCUT2D eigenvalue weighted by Gasteiger charge is 2.26. The largest absolute Gasteiger partial charge is 0.481 e. The third-order valence-corrected chi connectivity index (χ3v) is 3.83. The predicted molar refractivity (Wildman–Crippen MR) is 77.2 cm³/mol. The first-order valence-corrected chi connectivity index (χ1v) is 7.47. The van der Waals surface area contributed by atoms with Crippen LogP contribution in [0.3, 0.4) is 0 Å². The molecule has 0 saturated carbocycles. The number of aliphatic carboxylic acids is 1. The molecule has 20 heavy (non-hydrogen) atoms. The molecule has 0 spiro atoms. The molecule has 2 amide bonds.